The maximum Gasteiger partial charge on any atom is -0.00995 e. The maximum absolute atomic E-state index is 2.32. The monoisotopic (exact) mass is 131 g/mol. The zero-order valence-corrected chi connectivity index (χ0v) is 6.01. The van der Waals surface area contributed by atoms with Crippen LogP contribution in [0.5, 0.6) is 0 Å². The van der Waals surface area contributed by atoms with Crippen LogP contribution in [0.1, 0.15) is 19.3 Å². The van der Waals surface area contributed by atoms with E-state index in [1.165, 1.54) is 19.3 Å². The molecule has 0 nitrogen and oxygen atoms in total. The van der Waals surface area contributed by atoms with E-state index in [1.54, 1.807) is 11.8 Å². The van der Waals surface area contributed by atoms with Gasteiger partial charge in [0.25, 0.3) is 0 Å². The third-order valence-corrected chi connectivity index (χ3v) is 3.20. The van der Waals surface area contributed by atoms with Crippen LogP contribution in [0, 0.1) is 42.9 Å². The van der Waals surface area contributed by atoms with Crippen LogP contribution in [-0.2, 0) is 0 Å². The van der Waals surface area contributed by atoms with Gasteiger partial charge in [0.1, 0.15) is 0 Å². The highest BCUT2D eigenvalue weighted by atomic mass is 14.5. The molecule has 10 heavy (non-hydrogen) atoms. The van der Waals surface area contributed by atoms with E-state index in [2.05, 4.69) is 19.3 Å². The van der Waals surface area contributed by atoms with Crippen molar-refractivity contribution in [3.05, 3.63) is 31.1 Å². The topological polar surface area (TPSA) is 0 Å². The quantitative estimate of drug-likeness (QED) is 0.472. The van der Waals surface area contributed by atoms with E-state index in [0.717, 1.165) is 11.8 Å². The lowest BCUT2D eigenvalue weighted by Gasteiger charge is -2.22. The molecule has 3 aliphatic carbocycles. The molecule has 3 aliphatic rings. The predicted molar refractivity (Wildman–Crippen MR) is 40.2 cm³/mol. The van der Waals surface area contributed by atoms with E-state index >= 15 is 0 Å². The Kier molecular flexibility index (Phi) is 1.00. The molecule has 0 N–H and O–H groups in total. The van der Waals surface area contributed by atoms with Gasteiger partial charge < -0.3 is 0 Å². The summed E-state index contributed by atoms with van der Waals surface area (Å²) in [6, 6.07) is 0. The standard InChI is InChI=1S/C10H11/c1-2-9-7-4-5-8(6-7)10(9)3-1/h1-3,7-8H,4-6H2/t7-,8+. The van der Waals surface area contributed by atoms with Gasteiger partial charge in [-0.1, -0.05) is 0 Å². The second-order valence-corrected chi connectivity index (χ2v) is 3.64. The third-order valence-electron chi connectivity index (χ3n) is 3.20. The molecule has 2 atom stereocenters. The molecule has 2 bridgehead atoms. The van der Waals surface area contributed by atoms with Crippen molar-refractivity contribution in [1.82, 2.24) is 0 Å². The van der Waals surface area contributed by atoms with Gasteiger partial charge in [0.05, 0.1) is 0 Å². The fraction of sp³-hybridized carbons (Fsp3) is 0.500. The highest BCUT2D eigenvalue weighted by molar-refractivity contribution is 5.50. The van der Waals surface area contributed by atoms with Gasteiger partial charge in [-0.2, -0.15) is 0 Å². The van der Waals surface area contributed by atoms with Crippen LogP contribution in [0.3, 0.4) is 0 Å². The second kappa shape index (κ2) is 1.78. The van der Waals surface area contributed by atoms with Crippen molar-refractivity contribution in [1.29, 1.82) is 0 Å². The molecule has 0 aromatic heterocycles. The van der Waals surface area contributed by atoms with Crippen molar-refractivity contribution >= 4 is 0 Å². The molecule has 3 saturated carbocycles. The zero-order valence-electron chi connectivity index (χ0n) is 6.01. The van der Waals surface area contributed by atoms with Crippen molar-refractivity contribution in [3.63, 3.8) is 0 Å². The Bertz CT molecular complexity index is 134. The van der Waals surface area contributed by atoms with Crippen molar-refractivity contribution in [3.8, 4) is 0 Å². The van der Waals surface area contributed by atoms with Crippen molar-refractivity contribution in [2.75, 3.05) is 0 Å². The number of rotatable bonds is 0. The van der Waals surface area contributed by atoms with E-state index in [-0.39, 0.29) is 0 Å². The summed E-state index contributed by atoms with van der Waals surface area (Å²) in [5.74, 6) is 5.26. The van der Waals surface area contributed by atoms with Crippen molar-refractivity contribution < 1.29 is 0 Å². The van der Waals surface area contributed by atoms with E-state index in [0.29, 0.717) is 0 Å². The molecule has 51 valence electrons. The van der Waals surface area contributed by atoms with Crippen LogP contribution >= 0.6 is 0 Å². The Hall–Kier alpha value is 0. The van der Waals surface area contributed by atoms with Crippen LogP contribution in [0.2, 0.25) is 0 Å². The van der Waals surface area contributed by atoms with Gasteiger partial charge in [-0.25, -0.2) is 0 Å². The number of hydrogen-bond donors (Lipinski definition) is 0. The van der Waals surface area contributed by atoms with Gasteiger partial charge >= 0.3 is 0 Å². The van der Waals surface area contributed by atoms with Gasteiger partial charge in [-0.15, -0.1) is 0 Å². The average Bonchev–Trinajstić information content (AvgIpc) is 2.60. The first kappa shape index (κ1) is 5.62. The zero-order chi connectivity index (χ0) is 6.55. The van der Waals surface area contributed by atoms with Gasteiger partial charge in [0.15, 0.2) is 0 Å². The summed E-state index contributed by atoms with van der Waals surface area (Å²) in [6.07, 6.45) is 11.2. The molecule has 5 radical (unpaired) electrons. The van der Waals surface area contributed by atoms with Crippen LogP contribution < -0.4 is 0 Å². The lowest BCUT2D eigenvalue weighted by molar-refractivity contribution is 0.579. The summed E-state index contributed by atoms with van der Waals surface area (Å²) in [6.45, 7) is 0. The van der Waals surface area contributed by atoms with Gasteiger partial charge in [0.2, 0.25) is 0 Å². The molecular formula is C10H11. The van der Waals surface area contributed by atoms with Gasteiger partial charge in [0, 0.05) is 0 Å². The predicted octanol–water partition coefficient (Wildman–Crippen LogP) is 2.19. The normalized spacial score (nSPS) is 46.8. The molecule has 0 spiro atoms. The van der Waals surface area contributed by atoms with Gasteiger partial charge in [-0.05, 0) is 62.2 Å². The molecule has 3 rings (SSSR count). The fourth-order valence-electron chi connectivity index (χ4n) is 2.74. The van der Waals surface area contributed by atoms with E-state index < -0.39 is 0 Å². The van der Waals surface area contributed by atoms with Crippen LogP contribution in [0.15, 0.2) is 0 Å². The molecule has 0 aromatic rings. The Morgan fingerprint density at radius 3 is 2.20 bits per heavy atom. The minimum Gasteiger partial charge on any atom is -0.0496 e. The lowest BCUT2D eigenvalue weighted by Crippen LogP contribution is -2.12. The van der Waals surface area contributed by atoms with Crippen LogP contribution in [-0.4, -0.2) is 0 Å². The highest BCUT2D eigenvalue weighted by Gasteiger charge is 2.50. The van der Waals surface area contributed by atoms with Gasteiger partial charge in [-0.3, -0.25) is 0 Å². The Labute approximate surface area is 63.0 Å². The summed E-state index contributed by atoms with van der Waals surface area (Å²) in [7, 11) is 0. The Morgan fingerprint density at radius 2 is 1.60 bits per heavy atom. The third kappa shape index (κ3) is 0.538. The van der Waals surface area contributed by atoms with Crippen molar-refractivity contribution in [2.45, 2.75) is 19.3 Å². The largest absolute Gasteiger partial charge is 0.0496 e. The first-order chi connectivity index (χ1) is 4.95. The van der Waals surface area contributed by atoms with E-state index in [1.807, 2.05) is 0 Å². The molecule has 0 unspecified atom stereocenters. The smallest absolute Gasteiger partial charge is 0.00995 e. The minimum atomic E-state index is 0.954. The summed E-state index contributed by atoms with van der Waals surface area (Å²) in [5.41, 5.74) is 0. The molecule has 0 aliphatic heterocycles. The second-order valence-electron chi connectivity index (χ2n) is 3.64. The first-order valence-corrected chi connectivity index (χ1v) is 4.20. The minimum absolute atomic E-state index is 0.954. The summed E-state index contributed by atoms with van der Waals surface area (Å²) in [4.78, 5) is 0. The van der Waals surface area contributed by atoms with Crippen molar-refractivity contribution in [2.24, 2.45) is 11.8 Å². The molecule has 3 fully saturated rings. The Balaban J connectivity index is 1.92. The highest BCUT2D eigenvalue weighted by Crippen LogP contribution is 2.60. The molecule has 0 amide bonds. The Morgan fingerprint density at radius 1 is 1.00 bits per heavy atom. The SMILES string of the molecule is [CH]1[CH][C]2[C]([CH]1)[C@H]1CC[C@@H]2C1. The first-order valence-electron chi connectivity index (χ1n) is 4.20. The molecular weight excluding hydrogens is 120 g/mol. The number of fused-ring (bicyclic) bond motifs is 5. The van der Waals surface area contributed by atoms with E-state index in [4.69, 9.17) is 0 Å². The lowest BCUT2D eigenvalue weighted by atomic mass is 9.82. The van der Waals surface area contributed by atoms with Crippen LogP contribution in [0.25, 0.3) is 0 Å². The maximum atomic E-state index is 2.32. The molecule has 0 heterocycles. The molecule has 0 aromatic carbocycles. The summed E-state index contributed by atoms with van der Waals surface area (Å²) in [5, 5.41) is 0. The fourth-order valence-corrected chi connectivity index (χ4v) is 2.74. The molecule has 0 saturated heterocycles. The summed E-state index contributed by atoms with van der Waals surface area (Å²) < 4.78 is 0. The molecule has 0 heteroatoms. The van der Waals surface area contributed by atoms with Crippen LogP contribution in [0.4, 0.5) is 0 Å². The van der Waals surface area contributed by atoms with E-state index in [9.17, 15) is 0 Å². The number of hydrogen-bond acceptors (Lipinski definition) is 0. The average molecular weight is 131 g/mol. The summed E-state index contributed by atoms with van der Waals surface area (Å²) >= 11 is 0.